The Bertz CT molecular complexity index is 432. The highest BCUT2D eigenvalue weighted by atomic mass is 16.5. The van der Waals surface area contributed by atoms with Crippen molar-refractivity contribution in [2.45, 2.75) is 37.7 Å². The minimum atomic E-state index is -0.425. The second kappa shape index (κ2) is 5.17. The van der Waals surface area contributed by atoms with E-state index >= 15 is 0 Å². The lowest BCUT2D eigenvalue weighted by Gasteiger charge is -2.36. The van der Waals surface area contributed by atoms with Crippen LogP contribution in [0.15, 0.2) is 30.5 Å². The highest BCUT2D eigenvalue weighted by molar-refractivity contribution is 5.46. The number of aryl methyl sites for hydroxylation is 1. The highest BCUT2D eigenvalue weighted by Crippen LogP contribution is 2.35. The third-order valence-corrected chi connectivity index (χ3v) is 3.32. The van der Waals surface area contributed by atoms with E-state index in [1.807, 2.05) is 24.3 Å². The molecule has 0 atom stereocenters. The average Bonchev–Trinajstić information content (AvgIpc) is 2.32. The molecule has 0 aromatic heterocycles. The Labute approximate surface area is 101 Å². The lowest BCUT2D eigenvalue weighted by Crippen LogP contribution is -2.36. The Morgan fingerprint density at radius 3 is 2.94 bits per heavy atom. The van der Waals surface area contributed by atoms with E-state index in [2.05, 4.69) is 5.87 Å². The summed E-state index contributed by atoms with van der Waals surface area (Å²) in [5.74, 6) is 2.78. The molecule has 3 heteroatoms. The Morgan fingerprint density at radius 1 is 1.47 bits per heavy atom. The van der Waals surface area contributed by atoms with Gasteiger partial charge in [-0.3, -0.25) is 5.41 Å². The van der Waals surface area contributed by atoms with E-state index in [4.69, 9.17) is 10.1 Å². The summed E-state index contributed by atoms with van der Waals surface area (Å²) in [5.41, 5.74) is 0.729. The van der Waals surface area contributed by atoms with Gasteiger partial charge in [-0.1, -0.05) is 12.1 Å². The molecule has 1 fully saturated rings. The van der Waals surface area contributed by atoms with E-state index in [0.29, 0.717) is 5.75 Å². The average molecular weight is 231 g/mol. The maximum absolute atomic E-state index is 10.0. The molecular formula is C14H17NO2. The van der Waals surface area contributed by atoms with Crippen LogP contribution in [0.1, 0.15) is 31.2 Å². The van der Waals surface area contributed by atoms with Gasteiger partial charge in [0.05, 0.1) is 5.60 Å². The molecule has 90 valence electrons. The van der Waals surface area contributed by atoms with E-state index < -0.39 is 5.60 Å². The van der Waals surface area contributed by atoms with Crippen LogP contribution >= 0.6 is 0 Å². The molecule has 1 aromatic carbocycles. The Balaban J connectivity index is 1.93. The molecule has 0 bridgehead atoms. The smallest absolute Gasteiger partial charge is 0.151 e. The molecule has 0 aliphatic heterocycles. The van der Waals surface area contributed by atoms with E-state index in [1.54, 1.807) is 0 Å². The van der Waals surface area contributed by atoms with Crippen LogP contribution in [0.4, 0.5) is 0 Å². The maximum atomic E-state index is 10.0. The second-order valence-corrected chi connectivity index (χ2v) is 4.61. The highest BCUT2D eigenvalue weighted by Gasteiger charge is 2.33. The van der Waals surface area contributed by atoms with Gasteiger partial charge in [-0.25, -0.2) is 0 Å². The zero-order valence-corrected chi connectivity index (χ0v) is 9.78. The van der Waals surface area contributed by atoms with E-state index in [1.165, 1.54) is 6.26 Å². The number of benzene rings is 1. The van der Waals surface area contributed by atoms with Crippen LogP contribution in [0.5, 0.6) is 5.75 Å². The van der Waals surface area contributed by atoms with Gasteiger partial charge in [-0.05, 0) is 49.8 Å². The molecule has 1 aliphatic carbocycles. The van der Waals surface area contributed by atoms with Gasteiger partial charge in [0.1, 0.15) is 5.75 Å². The van der Waals surface area contributed by atoms with Crippen molar-refractivity contribution in [3.63, 3.8) is 0 Å². The van der Waals surface area contributed by atoms with Crippen LogP contribution < -0.4 is 4.74 Å². The van der Waals surface area contributed by atoms with Crippen LogP contribution in [0.3, 0.4) is 0 Å². The summed E-state index contributed by atoms with van der Waals surface area (Å²) in [5, 5.41) is 16.7. The van der Waals surface area contributed by atoms with Crippen molar-refractivity contribution < 1.29 is 9.84 Å². The van der Waals surface area contributed by atoms with E-state index in [0.717, 1.165) is 37.7 Å². The fraction of sp³-hybridized carbons (Fsp3) is 0.429. The first-order valence-electron chi connectivity index (χ1n) is 5.94. The summed E-state index contributed by atoms with van der Waals surface area (Å²) in [6, 6.07) is 7.74. The van der Waals surface area contributed by atoms with E-state index in [-0.39, 0.29) is 0 Å². The number of ether oxygens (including phenoxy) is 1. The zero-order valence-electron chi connectivity index (χ0n) is 9.78. The minimum Gasteiger partial charge on any atom is -0.455 e. The van der Waals surface area contributed by atoms with Crippen LogP contribution in [0.25, 0.3) is 0 Å². The molecule has 3 nitrogen and oxygen atoms in total. The van der Waals surface area contributed by atoms with Gasteiger partial charge >= 0.3 is 0 Å². The first kappa shape index (κ1) is 11.9. The van der Waals surface area contributed by atoms with Gasteiger partial charge in [0.25, 0.3) is 0 Å². The van der Waals surface area contributed by atoms with Gasteiger partial charge in [0.2, 0.25) is 0 Å². The predicted octanol–water partition coefficient (Wildman–Crippen LogP) is 2.68. The summed E-state index contributed by atoms with van der Waals surface area (Å²) in [7, 11) is 0. The van der Waals surface area contributed by atoms with E-state index in [9.17, 15) is 5.11 Å². The first-order valence-corrected chi connectivity index (χ1v) is 5.94. The number of aliphatic hydroxyl groups is 1. The minimum absolute atomic E-state index is 0.425. The molecule has 2 N–H and O–H groups in total. The van der Waals surface area contributed by atoms with Crippen LogP contribution in [0, 0.1) is 5.41 Å². The van der Waals surface area contributed by atoms with Crippen molar-refractivity contribution in [3.05, 3.63) is 36.1 Å². The Morgan fingerprint density at radius 2 is 2.29 bits per heavy atom. The van der Waals surface area contributed by atoms with Gasteiger partial charge in [0.15, 0.2) is 6.26 Å². The molecule has 1 saturated carbocycles. The van der Waals surface area contributed by atoms with Gasteiger partial charge in [0, 0.05) is 5.87 Å². The summed E-state index contributed by atoms with van der Waals surface area (Å²) >= 11 is 0. The Hall–Kier alpha value is -1.57. The van der Waals surface area contributed by atoms with Gasteiger partial charge in [-0.2, -0.15) is 0 Å². The maximum Gasteiger partial charge on any atom is 0.151 e. The van der Waals surface area contributed by atoms with Crippen molar-refractivity contribution in [2.24, 2.45) is 0 Å². The third-order valence-electron chi connectivity index (χ3n) is 3.32. The van der Waals surface area contributed by atoms with Crippen molar-refractivity contribution in [1.29, 1.82) is 5.41 Å². The summed E-state index contributed by atoms with van der Waals surface area (Å²) in [4.78, 5) is 0. The van der Waals surface area contributed by atoms with Gasteiger partial charge in [-0.15, -0.1) is 0 Å². The normalized spacial score (nSPS) is 16.8. The van der Waals surface area contributed by atoms with Crippen LogP contribution in [0.2, 0.25) is 0 Å². The fourth-order valence-electron chi connectivity index (χ4n) is 2.08. The molecule has 2 rings (SSSR count). The molecule has 0 heterocycles. The quantitative estimate of drug-likeness (QED) is 0.604. The summed E-state index contributed by atoms with van der Waals surface area (Å²) in [6.45, 7) is 0. The molecule has 0 saturated heterocycles. The SMILES string of the molecule is N=C=COc1cccc(CCC2(O)CCC2)c1. The predicted molar refractivity (Wildman–Crippen MR) is 66.5 cm³/mol. The fourth-order valence-corrected chi connectivity index (χ4v) is 2.08. The topological polar surface area (TPSA) is 53.3 Å². The monoisotopic (exact) mass is 231 g/mol. The lowest BCUT2D eigenvalue weighted by atomic mass is 9.76. The molecule has 0 radical (unpaired) electrons. The van der Waals surface area contributed by atoms with Crippen molar-refractivity contribution >= 4 is 5.87 Å². The summed E-state index contributed by atoms with van der Waals surface area (Å²) < 4.78 is 5.18. The number of hydrogen-bond acceptors (Lipinski definition) is 3. The third kappa shape index (κ3) is 3.19. The number of rotatable bonds is 5. The largest absolute Gasteiger partial charge is 0.455 e. The lowest BCUT2D eigenvalue weighted by molar-refractivity contribution is -0.0397. The second-order valence-electron chi connectivity index (χ2n) is 4.61. The standard InChI is InChI=1S/C14H17NO2/c15-9-10-17-13-4-1-3-12(11-13)5-8-14(16)6-2-7-14/h1,3-4,10-11,15-16H,2,5-8H2. The molecule has 0 spiro atoms. The van der Waals surface area contributed by atoms with Crippen LogP contribution in [-0.4, -0.2) is 16.6 Å². The molecule has 0 unspecified atom stereocenters. The van der Waals surface area contributed by atoms with Crippen molar-refractivity contribution in [3.8, 4) is 5.75 Å². The number of nitrogens with one attached hydrogen (secondary N) is 1. The Kier molecular flexibility index (Phi) is 3.62. The zero-order chi connectivity index (χ0) is 12.1. The van der Waals surface area contributed by atoms with Crippen LogP contribution in [-0.2, 0) is 6.42 Å². The first-order chi connectivity index (χ1) is 8.22. The molecule has 0 amide bonds. The van der Waals surface area contributed by atoms with Gasteiger partial charge < -0.3 is 9.84 Å². The van der Waals surface area contributed by atoms with Crippen molar-refractivity contribution in [2.75, 3.05) is 0 Å². The molecular weight excluding hydrogens is 214 g/mol. The summed E-state index contributed by atoms with van der Waals surface area (Å²) in [6.07, 6.45) is 5.90. The number of hydrogen-bond donors (Lipinski definition) is 2. The molecule has 1 aliphatic rings. The molecule has 17 heavy (non-hydrogen) atoms. The molecule has 1 aromatic rings. The van der Waals surface area contributed by atoms with Crippen molar-refractivity contribution in [1.82, 2.24) is 0 Å².